The first-order valence-electron chi connectivity index (χ1n) is 5.27. The minimum absolute atomic E-state index is 0.621. The Morgan fingerprint density at radius 2 is 2.06 bits per heavy atom. The molecule has 1 aromatic carbocycles. The molecule has 4 heteroatoms. The van der Waals surface area contributed by atoms with Crippen LogP contribution in [0, 0.1) is 0 Å². The standard InChI is InChI=1S/C13H13ClN2O/c1-17-13-7-3-6-12(16-13)9-15-11-5-2-4-10(14)8-11/h2-8,15H,9H2,1H3. The van der Waals surface area contributed by atoms with Crippen molar-refractivity contribution in [2.24, 2.45) is 0 Å². The van der Waals surface area contributed by atoms with Crippen LogP contribution in [-0.2, 0) is 6.54 Å². The second-order valence-electron chi connectivity index (χ2n) is 3.54. The SMILES string of the molecule is COc1cccc(CNc2cccc(Cl)c2)n1. The van der Waals surface area contributed by atoms with Crippen molar-refractivity contribution < 1.29 is 4.74 Å². The molecule has 2 aromatic rings. The summed E-state index contributed by atoms with van der Waals surface area (Å²) in [6.45, 7) is 0.636. The molecule has 0 fully saturated rings. The average molecular weight is 249 g/mol. The van der Waals surface area contributed by atoms with Gasteiger partial charge in [-0.25, -0.2) is 4.98 Å². The van der Waals surface area contributed by atoms with Crippen LogP contribution in [0.4, 0.5) is 5.69 Å². The predicted molar refractivity (Wildman–Crippen MR) is 69.6 cm³/mol. The van der Waals surface area contributed by atoms with E-state index in [0.29, 0.717) is 17.4 Å². The molecule has 0 aliphatic carbocycles. The van der Waals surface area contributed by atoms with Crippen molar-refractivity contribution in [3.05, 3.63) is 53.2 Å². The number of anilines is 1. The van der Waals surface area contributed by atoms with E-state index in [0.717, 1.165) is 11.4 Å². The maximum Gasteiger partial charge on any atom is 0.213 e. The number of rotatable bonds is 4. The molecule has 1 N–H and O–H groups in total. The van der Waals surface area contributed by atoms with Crippen LogP contribution in [0.3, 0.4) is 0 Å². The number of halogens is 1. The molecule has 1 aromatic heterocycles. The van der Waals surface area contributed by atoms with Crippen molar-refractivity contribution in [1.82, 2.24) is 4.98 Å². The zero-order valence-corrected chi connectivity index (χ0v) is 10.2. The first kappa shape index (κ1) is 11.7. The summed E-state index contributed by atoms with van der Waals surface area (Å²) in [4.78, 5) is 4.31. The number of pyridine rings is 1. The fourth-order valence-corrected chi connectivity index (χ4v) is 1.65. The highest BCUT2D eigenvalue weighted by Gasteiger charge is 1.98. The Labute approximate surface area is 105 Å². The Kier molecular flexibility index (Phi) is 3.83. The second kappa shape index (κ2) is 5.55. The quantitative estimate of drug-likeness (QED) is 0.901. The molecule has 0 radical (unpaired) electrons. The lowest BCUT2D eigenvalue weighted by molar-refractivity contribution is 0.396. The summed E-state index contributed by atoms with van der Waals surface area (Å²) in [6.07, 6.45) is 0. The largest absolute Gasteiger partial charge is 0.481 e. The molecular formula is C13H13ClN2O. The Balaban J connectivity index is 2.02. The molecule has 0 bridgehead atoms. The van der Waals surface area contributed by atoms with Gasteiger partial charge in [0.25, 0.3) is 0 Å². The number of hydrogen-bond acceptors (Lipinski definition) is 3. The molecule has 3 nitrogen and oxygen atoms in total. The number of nitrogens with zero attached hydrogens (tertiary/aromatic N) is 1. The number of benzene rings is 1. The maximum absolute atomic E-state index is 5.90. The first-order valence-corrected chi connectivity index (χ1v) is 5.65. The highest BCUT2D eigenvalue weighted by molar-refractivity contribution is 6.30. The third kappa shape index (κ3) is 3.36. The van der Waals surface area contributed by atoms with Gasteiger partial charge in [-0.1, -0.05) is 23.7 Å². The van der Waals surface area contributed by atoms with Gasteiger partial charge in [0.1, 0.15) is 0 Å². The van der Waals surface area contributed by atoms with Crippen molar-refractivity contribution >= 4 is 17.3 Å². The summed E-state index contributed by atoms with van der Waals surface area (Å²) in [7, 11) is 1.61. The van der Waals surface area contributed by atoms with Gasteiger partial charge in [-0.05, 0) is 24.3 Å². The molecule has 0 aliphatic rings. The fraction of sp³-hybridized carbons (Fsp3) is 0.154. The molecule has 0 unspecified atom stereocenters. The van der Waals surface area contributed by atoms with E-state index in [1.165, 1.54) is 0 Å². The lowest BCUT2D eigenvalue weighted by Gasteiger charge is -2.07. The molecule has 0 amide bonds. The first-order chi connectivity index (χ1) is 8.28. The van der Waals surface area contributed by atoms with Crippen LogP contribution >= 0.6 is 11.6 Å². The average Bonchev–Trinajstić information content (AvgIpc) is 2.37. The van der Waals surface area contributed by atoms with E-state index in [9.17, 15) is 0 Å². The van der Waals surface area contributed by atoms with Crippen LogP contribution in [0.1, 0.15) is 5.69 Å². The summed E-state index contributed by atoms with van der Waals surface area (Å²) in [6, 6.07) is 13.3. The van der Waals surface area contributed by atoms with Crippen molar-refractivity contribution in [3.8, 4) is 5.88 Å². The zero-order valence-electron chi connectivity index (χ0n) is 9.48. The lowest BCUT2D eigenvalue weighted by atomic mass is 10.3. The van der Waals surface area contributed by atoms with Gasteiger partial charge < -0.3 is 10.1 Å². The van der Waals surface area contributed by atoms with Gasteiger partial charge in [0, 0.05) is 16.8 Å². The predicted octanol–water partition coefficient (Wildman–Crippen LogP) is 3.36. The Morgan fingerprint density at radius 1 is 1.24 bits per heavy atom. The number of nitrogens with one attached hydrogen (secondary N) is 1. The van der Waals surface area contributed by atoms with Crippen LogP contribution in [0.5, 0.6) is 5.88 Å². The zero-order chi connectivity index (χ0) is 12.1. The number of methoxy groups -OCH3 is 1. The third-order valence-electron chi connectivity index (χ3n) is 2.29. The highest BCUT2D eigenvalue weighted by atomic mass is 35.5. The normalized spacial score (nSPS) is 10.0. The smallest absolute Gasteiger partial charge is 0.213 e. The molecule has 17 heavy (non-hydrogen) atoms. The summed E-state index contributed by atoms with van der Waals surface area (Å²) in [5.41, 5.74) is 1.89. The van der Waals surface area contributed by atoms with Crippen molar-refractivity contribution in [3.63, 3.8) is 0 Å². The van der Waals surface area contributed by atoms with Gasteiger partial charge in [0.15, 0.2) is 0 Å². The molecule has 88 valence electrons. The van der Waals surface area contributed by atoms with Gasteiger partial charge >= 0.3 is 0 Å². The Bertz CT molecular complexity index is 502. The van der Waals surface area contributed by atoms with E-state index in [-0.39, 0.29) is 0 Å². The van der Waals surface area contributed by atoms with E-state index in [1.54, 1.807) is 7.11 Å². The summed E-state index contributed by atoms with van der Waals surface area (Å²) < 4.78 is 5.07. The van der Waals surface area contributed by atoms with Crippen molar-refractivity contribution in [1.29, 1.82) is 0 Å². The molecule has 0 saturated heterocycles. The maximum atomic E-state index is 5.90. The monoisotopic (exact) mass is 248 g/mol. The number of hydrogen-bond donors (Lipinski definition) is 1. The van der Waals surface area contributed by atoms with E-state index >= 15 is 0 Å². The Hall–Kier alpha value is -1.74. The molecule has 2 rings (SSSR count). The van der Waals surface area contributed by atoms with Crippen LogP contribution < -0.4 is 10.1 Å². The Morgan fingerprint density at radius 3 is 2.82 bits per heavy atom. The summed E-state index contributed by atoms with van der Waals surface area (Å²) >= 11 is 5.90. The summed E-state index contributed by atoms with van der Waals surface area (Å²) in [5, 5.41) is 3.97. The third-order valence-corrected chi connectivity index (χ3v) is 2.52. The van der Waals surface area contributed by atoms with E-state index in [4.69, 9.17) is 16.3 Å². The van der Waals surface area contributed by atoms with Crippen molar-refractivity contribution in [2.75, 3.05) is 12.4 Å². The number of ether oxygens (including phenoxy) is 1. The molecule has 1 heterocycles. The topological polar surface area (TPSA) is 34.1 Å². The van der Waals surface area contributed by atoms with E-state index in [1.807, 2.05) is 42.5 Å². The van der Waals surface area contributed by atoms with E-state index in [2.05, 4.69) is 10.3 Å². The van der Waals surface area contributed by atoms with Crippen LogP contribution in [-0.4, -0.2) is 12.1 Å². The fourth-order valence-electron chi connectivity index (χ4n) is 1.46. The minimum atomic E-state index is 0.621. The highest BCUT2D eigenvalue weighted by Crippen LogP contribution is 2.16. The van der Waals surface area contributed by atoms with Crippen LogP contribution in [0.15, 0.2) is 42.5 Å². The van der Waals surface area contributed by atoms with Gasteiger partial charge in [-0.15, -0.1) is 0 Å². The molecular weight excluding hydrogens is 236 g/mol. The van der Waals surface area contributed by atoms with Gasteiger partial charge in [0.2, 0.25) is 5.88 Å². The summed E-state index contributed by atoms with van der Waals surface area (Å²) in [5.74, 6) is 0.621. The molecule has 0 aliphatic heterocycles. The van der Waals surface area contributed by atoms with Gasteiger partial charge in [-0.2, -0.15) is 0 Å². The minimum Gasteiger partial charge on any atom is -0.481 e. The van der Waals surface area contributed by atoms with Crippen molar-refractivity contribution in [2.45, 2.75) is 6.54 Å². The van der Waals surface area contributed by atoms with Crippen LogP contribution in [0.2, 0.25) is 5.02 Å². The molecule has 0 atom stereocenters. The number of aromatic nitrogens is 1. The second-order valence-corrected chi connectivity index (χ2v) is 3.97. The molecule has 0 saturated carbocycles. The molecule has 0 spiro atoms. The van der Waals surface area contributed by atoms with Gasteiger partial charge in [-0.3, -0.25) is 0 Å². The van der Waals surface area contributed by atoms with E-state index < -0.39 is 0 Å². The lowest BCUT2D eigenvalue weighted by Crippen LogP contribution is -2.02. The van der Waals surface area contributed by atoms with Gasteiger partial charge in [0.05, 0.1) is 19.3 Å². The van der Waals surface area contributed by atoms with Crippen LogP contribution in [0.25, 0.3) is 0 Å².